The number of Topliss-reactive ketones (excluding diaryl/α,β-unsaturated/α-hetero) is 1. The molecule has 0 aliphatic heterocycles. The van der Waals surface area contributed by atoms with Crippen LogP contribution in [-0.4, -0.2) is 16.0 Å². The predicted molar refractivity (Wildman–Crippen MR) is 80.7 cm³/mol. The van der Waals surface area contributed by atoms with E-state index in [-0.39, 0.29) is 11.7 Å². The highest BCUT2D eigenvalue weighted by atomic mass is 35.5. The molecule has 1 fully saturated rings. The molecule has 1 saturated carbocycles. The number of halogens is 1. The maximum atomic E-state index is 12.4. The van der Waals surface area contributed by atoms with Crippen molar-refractivity contribution in [2.45, 2.75) is 18.8 Å². The van der Waals surface area contributed by atoms with Crippen molar-refractivity contribution in [1.29, 1.82) is 0 Å². The van der Waals surface area contributed by atoms with E-state index >= 15 is 0 Å². The Hall–Kier alpha value is -1.72. The minimum atomic E-state index is -0.191. The van der Waals surface area contributed by atoms with Gasteiger partial charge in [-0.2, -0.15) is 0 Å². The topological polar surface area (TPSA) is 68.9 Å². The molecular formula is C14H12ClN3OS. The van der Waals surface area contributed by atoms with Gasteiger partial charge >= 0.3 is 0 Å². The zero-order valence-electron chi connectivity index (χ0n) is 10.5. The Morgan fingerprint density at radius 1 is 1.30 bits per heavy atom. The molecule has 1 aliphatic rings. The van der Waals surface area contributed by atoms with Crippen molar-refractivity contribution in [3.8, 4) is 0 Å². The van der Waals surface area contributed by atoms with Gasteiger partial charge in [0.2, 0.25) is 5.13 Å². The Balaban J connectivity index is 1.83. The molecular weight excluding hydrogens is 294 g/mol. The van der Waals surface area contributed by atoms with Crippen molar-refractivity contribution in [2.75, 3.05) is 5.73 Å². The number of carbonyl (C=O) groups excluding carboxylic acids is 1. The summed E-state index contributed by atoms with van der Waals surface area (Å²) in [6, 6.07) is 7.43. The number of allylic oxidation sites excluding steroid dienone is 1. The van der Waals surface area contributed by atoms with E-state index < -0.39 is 0 Å². The molecule has 1 atom stereocenters. The maximum Gasteiger partial charge on any atom is 0.203 e. The Kier molecular flexibility index (Phi) is 3.54. The number of benzene rings is 1. The smallest absolute Gasteiger partial charge is 0.203 e. The number of aromatic nitrogens is 2. The van der Waals surface area contributed by atoms with Crippen molar-refractivity contribution in [3.63, 3.8) is 0 Å². The SMILES string of the molecule is Nc1nnc([C@@H]2CC/C(=C\c3ccc(Cl)cc3)C2=O)s1. The first kappa shape index (κ1) is 13.3. The standard InChI is InChI=1S/C14H12ClN3OS/c15-10-4-1-8(2-5-10)7-9-3-6-11(12(9)19)13-17-18-14(16)20-13/h1-2,4-5,7,11H,3,6H2,(H2,16,18)/b9-7+/t11-/m1/s1. The summed E-state index contributed by atoms with van der Waals surface area (Å²) in [5, 5.41) is 9.56. The van der Waals surface area contributed by atoms with Gasteiger partial charge in [-0.1, -0.05) is 35.1 Å². The number of anilines is 1. The fourth-order valence-electron chi connectivity index (χ4n) is 2.30. The van der Waals surface area contributed by atoms with Gasteiger partial charge < -0.3 is 5.73 Å². The van der Waals surface area contributed by atoms with Crippen LogP contribution in [0, 0.1) is 0 Å². The summed E-state index contributed by atoms with van der Waals surface area (Å²) in [6.45, 7) is 0. The highest BCUT2D eigenvalue weighted by molar-refractivity contribution is 7.15. The Morgan fingerprint density at radius 3 is 2.70 bits per heavy atom. The van der Waals surface area contributed by atoms with Crippen molar-refractivity contribution in [1.82, 2.24) is 10.2 Å². The minimum absolute atomic E-state index is 0.121. The van der Waals surface area contributed by atoms with E-state index in [1.165, 1.54) is 11.3 Å². The van der Waals surface area contributed by atoms with Crippen LogP contribution < -0.4 is 5.73 Å². The van der Waals surface area contributed by atoms with Crippen LogP contribution in [0.2, 0.25) is 5.02 Å². The average Bonchev–Trinajstić information content (AvgIpc) is 3.00. The first-order valence-electron chi connectivity index (χ1n) is 6.23. The molecule has 0 bridgehead atoms. The van der Waals surface area contributed by atoms with E-state index in [4.69, 9.17) is 17.3 Å². The summed E-state index contributed by atoms with van der Waals surface area (Å²) in [4.78, 5) is 12.4. The van der Waals surface area contributed by atoms with Gasteiger partial charge in [-0.15, -0.1) is 10.2 Å². The fraction of sp³-hybridized carbons (Fsp3) is 0.214. The van der Waals surface area contributed by atoms with Crippen LogP contribution in [0.3, 0.4) is 0 Å². The van der Waals surface area contributed by atoms with Crippen molar-refractivity contribution in [2.24, 2.45) is 0 Å². The van der Waals surface area contributed by atoms with Gasteiger partial charge in [0.05, 0.1) is 5.92 Å². The summed E-state index contributed by atoms with van der Waals surface area (Å²) < 4.78 is 0. The molecule has 1 heterocycles. The first-order valence-corrected chi connectivity index (χ1v) is 7.42. The molecule has 1 aromatic heterocycles. The lowest BCUT2D eigenvalue weighted by Gasteiger charge is -2.01. The van der Waals surface area contributed by atoms with Crippen LogP contribution in [0.5, 0.6) is 0 Å². The largest absolute Gasteiger partial charge is 0.374 e. The predicted octanol–water partition coefficient (Wildman–Crippen LogP) is 3.30. The molecule has 0 amide bonds. The number of carbonyl (C=O) groups is 1. The molecule has 1 aliphatic carbocycles. The van der Waals surface area contributed by atoms with Gasteiger partial charge in [-0.3, -0.25) is 4.79 Å². The minimum Gasteiger partial charge on any atom is -0.374 e. The Morgan fingerprint density at radius 2 is 2.05 bits per heavy atom. The Labute approximate surface area is 125 Å². The lowest BCUT2D eigenvalue weighted by atomic mass is 10.1. The molecule has 0 radical (unpaired) electrons. The van der Waals surface area contributed by atoms with E-state index in [0.717, 1.165) is 24.0 Å². The summed E-state index contributed by atoms with van der Waals surface area (Å²) in [7, 11) is 0. The zero-order valence-corrected chi connectivity index (χ0v) is 12.1. The molecule has 2 aromatic rings. The molecule has 20 heavy (non-hydrogen) atoms. The van der Waals surface area contributed by atoms with Crippen molar-refractivity contribution >= 4 is 39.9 Å². The quantitative estimate of drug-likeness (QED) is 0.864. The van der Waals surface area contributed by atoms with Crippen molar-refractivity contribution < 1.29 is 4.79 Å². The number of nitrogens with two attached hydrogens (primary N) is 1. The monoisotopic (exact) mass is 305 g/mol. The van der Waals surface area contributed by atoms with Crippen LogP contribution >= 0.6 is 22.9 Å². The second-order valence-electron chi connectivity index (χ2n) is 4.66. The second-order valence-corrected chi connectivity index (χ2v) is 6.13. The molecule has 4 nitrogen and oxygen atoms in total. The number of hydrogen-bond acceptors (Lipinski definition) is 5. The van der Waals surface area contributed by atoms with Crippen LogP contribution in [-0.2, 0) is 4.79 Å². The maximum absolute atomic E-state index is 12.4. The molecule has 102 valence electrons. The molecule has 6 heteroatoms. The second kappa shape index (κ2) is 5.34. The van der Waals surface area contributed by atoms with Gasteiger partial charge in [0.25, 0.3) is 0 Å². The molecule has 3 rings (SSSR count). The number of ketones is 1. The third-order valence-electron chi connectivity index (χ3n) is 3.30. The van der Waals surface area contributed by atoms with E-state index in [1.54, 1.807) is 0 Å². The van der Waals surface area contributed by atoms with E-state index in [9.17, 15) is 4.79 Å². The van der Waals surface area contributed by atoms with E-state index in [1.807, 2.05) is 30.3 Å². The van der Waals surface area contributed by atoms with Gasteiger partial charge in [-0.25, -0.2) is 0 Å². The highest BCUT2D eigenvalue weighted by Crippen LogP contribution is 2.37. The summed E-state index contributed by atoms with van der Waals surface area (Å²) in [5.41, 5.74) is 7.38. The van der Waals surface area contributed by atoms with E-state index in [0.29, 0.717) is 15.2 Å². The number of nitrogen functional groups attached to an aromatic ring is 1. The summed E-state index contributed by atoms with van der Waals surface area (Å²) in [6.07, 6.45) is 3.45. The summed E-state index contributed by atoms with van der Waals surface area (Å²) >= 11 is 7.14. The lowest BCUT2D eigenvalue weighted by Crippen LogP contribution is -2.05. The van der Waals surface area contributed by atoms with Crippen LogP contribution in [0.4, 0.5) is 5.13 Å². The molecule has 0 saturated heterocycles. The fourth-order valence-corrected chi connectivity index (χ4v) is 3.18. The van der Waals surface area contributed by atoms with Crippen LogP contribution in [0.1, 0.15) is 29.3 Å². The zero-order chi connectivity index (χ0) is 14.1. The number of hydrogen-bond donors (Lipinski definition) is 1. The normalized spacial score (nSPS) is 20.8. The first-order chi connectivity index (χ1) is 9.63. The van der Waals surface area contributed by atoms with Crippen LogP contribution in [0.25, 0.3) is 6.08 Å². The van der Waals surface area contributed by atoms with Gasteiger partial charge in [-0.05, 0) is 42.2 Å². The van der Waals surface area contributed by atoms with Gasteiger partial charge in [0.1, 0.15) is 5.01 Å². The Bertz CT molecular complexity index is 678. The highest BCUT2D eigenvalue weighted by Gasteiger charge is 2.33. The molecule has 1 aromatic carbocycles. The van der Waals surface area contributed by atoms with Crippen LogP contribution in [0.15, 0.2) is 29.8 Å². The lowest BCUT2D eigenvalue weighted by molar-refractivity contribution is -0.115. The number of nitrogens with zero attached hydrogens (tertiary/aromatic N) is 2. The summed E-state index contributed by atoms with van der Waals surface area (Å²) in [5.74, 6) is -0.0700. The van der Waals surface area contributed by atoms with Gasteiger partial charge in [0.15, 0.2) is 5.78 Å². The van der Waals surface area contributed by atoms with Crippen molar-refractivity contribution in [3.05, 3.63) is 45.4 Å². The third kappa shape index (κ3) is 2.59. The number of rotatable bonds is 2. The van der Waals surface area contributed by atoms with E-state index in [2.05, 4.69) is 10.2 Å². The molecule has 0 unspecified atom stereocenters. The molecule has 0 spiro atoms. The third-order valence-corrected chi connectivity index (χ3v) is 4.42. The van der Waals surface area contributed by atoms with Gasteiger partial charge in [0, 0.05) is 5.02 Å². The molecule has 2 N–H and O–H groups in total. The average molecular weight is 306 g/mol.